The molecular weight excluding hydrogens is 475 g/mol. The Labute approximate surface area is 191 Å². The van der Waals surface area contributed by atoms with Crippen molar-refractivity contribution in [3.8, 4) is 11.5 Å². The largest absolute Gasteiger partial charge is 0.573 e. The first-order chi connectivity index (χ1) is 14.6. The van der Waals surface area contributed by atoms with Gasteiger partial charge in [-0.25, -0.2) is 0 Å². The minimum atomic E-state index is -4.94. The topological polar surface area (TPSA) is 56.8 Å². The summed E-state index contributed by atoms with van der Waals surface area (Å²) in [6, 6.07) is 9.41. The normalized spacial score (nSPS) is 18.5. The van der Waals surface area contributed by atoms with Crippen molar-refractivity contribution in [3.05, 3.63) is 52.5 Å². The van der Waals surface area contributed by atoms with Crippen molar-refractivity contribution in [3.63, 3.8) is 0 Å². The molecule has 0 radical (unpaired) electrons. The van der Waals surface area contributed by atoms with E-state index >= 15 is 0 Å². The van der Waals surface area contributed by atoms with Gasteiger partial charge in [-0.2, -0.15) is 0 Å². The number of esters is 1. The first kappa shape index (κ1) is 23.5. The van der Waals surface area contributed by atoms with E-state index < -0.39 is 28.6 Å². The molecule has 0 unspecified atom stereocenters. The highest BCUT2D eigenvalue weighted by Gasteiger charge is 2.38. The van der Waals surface area contributed by atoms with Crippen LogP contribution in [0.2, 0.25) is 5.02 Å². The Morgan fingerprint density at radius 3 is 2.61 bits per heavy atom. The molecule has 1 N–H and O–H groups in total. The number of anilines is 1. The van der Waals surface area contributed by atoms with Crippen LogP contribution in [0.4, 0.5) is 18.9 Å². The van der Waals surface area contributed by atoms with E-state index in [-0.39, 0.29) is 17.7 Å². The Kier molecular flexibility index (Phi) is 7.23. The number of nitrogens with one attached hydrogen (secondary N) is 1. The van der Waals surface area contributed by atoms with E-state index in [1.54, 1.807) is 24.3 Å². The van der Waals surface area contributed by atoms with E-state index in [1.807, 2.05) is 0 Å². The van der Waals surface area contributed by atoms with Crippen LogP contribution >= 0.6 is 35.6 Å². The van der Waals surface area contributed by atoms with Gasteiger partial charge in [0.05, 0.1) is 36.1 Å². The van der Waals surface area contributed by atoms with E-state index in [2.05, 4.69) is 10.1 Å². The monoisotopic (exact) mass is 491 g/mol. The smallest absolute Gasteiger partial charge is 0.493 e. The number of ether oxygens (including phenoxy) is 3. The minimum Gasteiger partial charge on any atom is -0.493 e. The fourth-order valence-corrected chi connectivity index (χ4v) is 5.08. The Morgan fingerprint density at radius 1 is 1.23 bits per heavy atom. The first-order valence-electron chi connectivity index (χ1n) is 8.88. The third kappa shape index (κ3) is 5.55. The Hall–Kier alpha value is -2.17. The third-order valence-corrected chi connectivity index (χ3v) is 6.74. The second-order valence-corrected chi connectivity index (χ2v) is 8.62. The number of carbonyl (C=O) groups excluding carboxylic acids is 1. The maximum Gasteiger partial charge on any atom is 0.573 e. The van der Waals surface area contributed by atoms with Crippen LogP contribution in [0, 0.1) is 0 Å². The van der Waals surface area contributed by atoms with Gasteiger partial charge in [-0.3, -0.25) is 4.79 Å². The summed E-state index contributed by atoms with van der Waals surface area (Å²) in [6.07, 6.45) is -5.00. The highest BCUT2D eigenvalue weighted by Crippen LogP contribution is 2.51. The molecule has 2 aromatic rings. The fraction of sp³-hybridized carbons (Fsp3) is 0.300. The lowest BCUT2D eigenvalue weighted by Crippen LogP contribution is -2.25. The maximum absolute atomic E-state index is 13.2. The van der Waals surface area contributed by atoms with Crippen LogP contribution in [-0.4, -0.2) is 36.8 Å². The molecule has 2 atom stereocenters. The predicted molar refractivity (Wildman–Crippen MR) is 117 cm³/mol. The molecule has 1 aliphatic heterocycles. The lowest BCUT2D eigenvalue weighted by molar-refractivity contribution is -0.275. The quantitative estimate of drug-likeness (QED) is 0.422. The minimum absolute atomic E-state index is 0.0648. The number of thiocarbonyl (C=S) groups is 1. The van der Waals surface area contributed by atoms with Gasteiger partial charge in [-0.15, -0.1) is 24.9 Å². The van der Waals surface area contributed by atoms with Crippen LogP contribution < -0.4 is 14.8 Å². The molecule has 0 saturated heterocycles. The zero-order chi connectivity index (χ0) is 22.8. The van der Waals surface area contributed by atoms with Crippen LogP contribution in [0.25, 0.3) is 0 Å². The second kappa shape index (κ2) is 9.54. The summed E-state index contributed by atoms with van der Waals surface area (Å²) in [4.78, 5) is 12.3. The molecule has 1 heterocycles. The highest BCUT2D eigenvalue weighted by molar-refractivity contribution is 8.02. The molecule has 0 spiro atoms. The molecule has 0 aromatic heterocycles. The summed E-state index contributed by atoms with van der Waals surface area (Å²) in [5.41, 5.74) is 1.36. The number of rotatable bonds is 5. The van der Waals surface area contributed by atoms with E-state index in [1.165, 1.54) is 38.1 Å². The van der Waals surface area contributed by atoms with Gasteiger partial charge in [0.2, 0.25) is 0 Å². The zero-order valence-corrected chi connectivity index (χ0v) is 18.7. The van der Waals surface area contributed by atoms with Crippen LogP contribution in [0.15, 0.2) is 36.4 Å². The predicted octanol–water partition coefficient (Wildman–Crippen LogP) is 5.75. The highest BCUT2D eigenvalue weighted by atomic mass is 35.5. The average molecular weight is 492 g/mol. The summed E-state index contributed by atoms with van der Waals surface area (Å²) < 4.78 is 53.8. The molecule has 0 aliphatic carbocycles. The van der Waals surface area contributed by atoms with Crippen molar-refractivity contribution < 1.29 is 32.2 Å². The van der Waals surface area contributed by atoms with Gasteiger partial charge in [0.25, 0.3) is 0 Å². The van der Waals surface area contributed by atoms with E-state index in [0.29, 0.717) is 21.3 Å². The molecular formula is C20H17ClF3NO4S2. The molecule has 0 fully saturated rings. The SMILES string of the molecule is COC(=O)C[C@@H]1S[C@@H](c2cccc(OC)c2OC(F)(F)F)c2cc(Cl)ccc2NC1=S. The summed E-state index contributed by atoms with van der Waals surface area (Å²) in [7, 11) is 2.51. The number of hydrogen-bond donors (Lipinski definition) is 1. The molecule has 0 saturated carbocycles. The number of fused-ring (bicyclic) bond motifs is 1. The van der Waals surface area contributed by atoms with Crippen molar-refractivity contribution in [2.75, 3.05) is 19.5 Å². The summed E-state index contributed by atoms with van der Waals surface area (Å²) >= 11 is 12.8. The average Bonchev–Trinajstić information content (AvgIpc) is 2.83. The van der Waals surface area contributed by atoms with Gasteiger partial charge in [0, 0.05) is 16.3 Å². The molecule has 31 heavy (non-hydrogen) atoms. The molecule has 1 aliphatic rings. The fourth-order valence-electron chi connectivity index (χ4n) is 3.12. The Bertz CT molecular complexity index is 1000. The lowest BCUT2D eigenvalue weighted by atomic mass is 10.0. The Morgan fingerprint density at radius 2 is 1.97 bits per heavy atom. The van der Waals surface area contributed by atoms with Crippen LogP contribution in [0.1, 0.15) is 22.8 Å². The number of hydrogen-bond acceptors (Lipinski definition) is 6. The number of alkyl halides is 3. The van der Waals surface area contributed by atoms with Crippen molar-refractivity contribution in [1.82, 2.24) is 0 Å². The van der Waals surface area contributed by atoms with Gasteiger partial charge < -0.3 is 19.5 Å². The van der Waals surface area contributed by atoms with E-state index in [9.17, 15) is 18.0 Å². The van der Waals surface area contributed by atoms with Crippen LogP contribution in [0.3, 0.4) is 0 Å². The van der Waals surface area contributed by atoms with E-state index in [4.69, 9.17) is 33.3 Å². The third-order valence-electron chi connectivity index (χ3n) is 4.46. The number of halogens is 4. The van der Waals surface area contributed by atoms with E-state index in [0.717, 1.165) is 0 Å². The molecule has 0 bridgehead atoms. The van der Waals surface area contributed by atoms with Gasteiger partial charge in [0.15, 0.2) is 11.5 Å². The van der Waals surface area contributed by atoms with Crippen molar-refractivity contribution in [1.29, 1.82) is 0 Å². The molecule has 166 valence electrons. The number of methoxy groups -OCH3 is 2. The van der Waals surface area contributed by atoms with Gasteiger partial charge in [-0.05, 0) is 29.8 Å². The van der Waals surface area contributed by atoms with Crippen molar-refractivity contribution in [2.45, 2.75) is 23.3 Å². The maximum atomic E-state index is 13.2. The number of carbonyl (C=O) groups is 1. The summed E-state index contributed by atoms with van der Waals surface area (Å²) in [6.45, 7) is 0. The second-order valence-electron chi connectivity index (χ2n) is 6.43. The number of benzene rings is 2. The molecule has 5 nitrogen and oxygen atoms in total. The number of para-hydroxylation sites is 1. The van der Waals surface area contributed by atoms with Crippen LogP contribution in [0.5, 0.6) is 11.5 Å². The Balaban J connectivity index is 2.18. The number of thioether (sulfide) groups is 1. The standard InChI is InChI=1S/C20H17ClF3NO4S2/c1-27-14-5-3-4-11(17(14)29-20(22,23)24)18-12-8-10(21)6-7-13(12)25-19(30)15(31-18)9-16(26)28-2/h3-8,15,18H,9H2,1-2H3,(H,25,30)/t15-,18-/m0/s1. The van der Waals surface area contributed by atoms with Gasteiger partial charge in [-0.1, -0.05) is 36.0 Å². The molecule has 3 rings (SSSR count). The molecule has 2 aromatic carbocycles. The molecule has 11 heteroatoms. The van der Waals surface area contributed by atoms with Crippen LogP contribution in [-0.2, 0) is 9.53 Å². The first-order valence-corrected chi connectivity index (χ1v) is 10.6. The van der Waals surface area contributed by atoms with Crippen molar-refractivity contribution >= 4 is 52.2 Å². The van der Waals surface area contributed by atoms with Gasteiger partial charge in [0.1, 0.15) is 0 Å². The van der Waals surface area contributed by atoms with Gasteiger partial charge >= 0.3 is 12.3 Å². The summed E-state index contributed by atoms with van der Waals surface area (Å²) in [5, 5.41) is 2.20. The lowest BCUT2D eigenvalue weighted by Gasteiger charge is -2.24. The summed E-state index contributed by atoms with van der Waals surface area (Å²) in [5.74, 6) is -1.05. The zero-order valence-electron chi connectivity index (χ0n) is 16.3. The van der Waals surface area contributed by atoms with Crippen molar-refractivity contribution in [2.24, 2.45) is 0 Å². The molecule has 0 amide bonds.